The highest BCUT2D eigenvalue weighted by atomic mass is 35.5. The second kappa shape index (κ2) is 8.09. The summed E-state index contributed by atoms with van der Waals surface area (Å²) in [7, 11) is -3.43. The summed E-state index contributed by atoms with van der Waals surface area (Å²) in [5, 5.41) is 0.738. The summed E-state index contributed by atoms with van der Waals surface area (Å²) >= 11 is 12.4. The van der Waals surface area contributed by atoms with Gasteiger partial charge in [0, 0.05) is 27.4 Å². The minimum absolute atomic E-state index is 0.111. The van der Waals surface area contributed by atoms with Crippen molar-refractivity contribution < 1.29 is 22.7 Å². The lowest BCUT2D eigenvalue weighted by molar-refractivity contribution is -0.157. The van der Waals surface area contributed by atoms with E-state index >= 15 is 0 Å². The van der Waals surface area contributed by atoms with Crippen LogP contribution >= 0.6 is 23.2 Å². The fourth-order valence-corrected chi connectivity index (χ4v) is 3.33. The van der Waals surface area contributed by atoms with Gasteiger partial charge in [-0.05, 0) is 57.2 Å². The highest BCUT2D eigenvalue weighted by Crippen LogP contribution is 2.38. The normalized spacial score (nSPS) is 11.9. The third-order valence-corrected chi connectivity index (χ3v) is 5.04. The van der Waals surface area contributed by atoms with Crippen LogP contribution in [0.15, 0.2) is 41.3 Å². The van der Waals surface area contributed by atoms with Gasteiger partial charge < -0.3 is 9.47 Å². The van der Waals surface area contributed by atoms with Crippen molar-refractivity contribution in [1.29, 1.82) is 0 Å². The summed E-state index contributed by atoms with van der Waals surface area (Å²) in [5.74, 6) is -0.197. The SMILES string of the molecule is CC(C)(C)OC(=O)COc1ccc(Cl)cc1-c1cc(S(C)(=O)=O)ccc1Cl. The lowest BCUT2D eigenvalue weighted by Gasteiger charge is -2.20. The zero-order chi connectivity index (χ0) is 20.4. The van der Waals surface area contributed by atoms with Crippen molar-refractivity contribution >= 4 is 39.0 Å². The smallest absolute Gasteiger partial charge is 0.344 e. The molecule has 0 unspecified atom stereocenters. The van der Waals surface area contributed by atoms with Gasteiger partial charge in [-0.2, -0.15) is 0 Å². The third-order valence-electron chi connectivity index (χ3n) is 3.36. The van der Waals surface area contributed by atoms with E-state index in [1.807, 2.05) is 0 Å². The van der Waals surface area contributed by atoms with Crippen molar-refractivity contribution in [3.05, 3.63) is 46.4 Å². The second-order valence-electron chi connectivity index (χ2n) is 6.93. The van der Waals surface area contributed by atoms with Crippen LogP contribution < -0.4 is 4.74 Å². The maximum atomic E-state index is 11.9. The van der Waals surface area contributed by atoms with Crippen LogP contribution in [-0.4, -0.2) is 32.9 Å². The van der Waals surface area contributed by atoms with Gasteiger partial charge in [0.15, 0.2) is 16.4 Å². The third kappa shape index (κ3) is 6.13. The molecule has 0 radical (unpaired) electrons. The largest absolute Gasteiger partial charge is 0.481 e. The molecule has 0 amide bonds. The molecule has 27 heavy (non-hydrogen) atoms. The van der Waals surface area contributed by atoms with Crippen molar-refractivity contribution in [2.24, 2.45) is 0 Å². The monoisotopic (exact) mass is 430 g/mol. The lowest BCUT2D eigenvalue weighted by atomic mass is 10.0. The number of halogens is 2. The van der Waals surface area contributed by atoms with E-state index in [0.29, 0.717) is 26.9 Å². The molecule has 0 aliphatic heterocycles. The zero-order valence-corrected chi connectivity index (χ0v) is 17.7. The summed E-state index contributed by atoms with van der Waals surface area (Å²) < 4.78 is 34.5. The Morgan fingerprint density at radius 3 is 2.30 bits per heavy atom. The molecule has 2 aromatic carbocycles. The summed E-state index contributed by atoms with van der Waals surface area (Å²) in [4.78, 5) is 12.0. The molecule has 0 saturated heterocycles. The first-order chi connectivity index (χ1) is 12.4. The average Bonchev–Trinajstić information content (AvgIpc) is 2.51. The maximum absolute atomic E-state index is 11.9. The van der Waals surface area contributed by atoms with Crippen LogP contribution in [0.3, 0.4) is 0 Å². The number of benzene rings is 2. The second-order valence-corrected chi connectivity index (χ2v) is 9.79. The molecule has 8 heteroatoms. The van der Waals surface area contributed by atoms with Gasteiger partial charge in [0.05, 0.1) is 4.90 Å². The molecule has 0 atom stereocenters. The molecule has 0 fully saturated rings. The van der Waals surface area contributed by atoms with Gasteiger partial charge in [0.2, 0.25) is 0 Å². The van der Waals surface area contributed by atoms with Crippen molar-refractivity contribution in [3.8, 4) is 16.9 Å². The molecule has 2 aromatic rings. The number of hydrogen-bond donors (Lipinski definition) is 0. The van der Waals surface area contributed by atoms with Crippen LogP contribution in [0.5, 0.6) is 5.75 Å². The van der Waals surface area contributed by atoms with E-state index in [1.165, 1.54) is 18.2 Å². The number of sulfone groups is 1. The molecule has 0 saturated carbocycles. The molecule has 146 valence electrons. The highest BCUT2D eigenvalue weighted by Gasteiger charge is 2.19. The Bertz CT molecular complexity index is 963. The minimum Gasteiger partial charge on any atom is -0.481 e. The molecule has 0 aliphatic rings. The summed E-state index contributed by atoms with van der Waals surface area (Å²) in [5.41, 5.74) is 0.277. The Morgan fingerprint density at radius 2 is 1.70 bits per heavy atom. The van der Waals surface area contributed by atoms with Crippen LogP contribution in [-0.2, 0) is 19.4 Å². The van der Waals surface area contributed by atoms with E-state index in [4.69, 9.17) is 32.7 Å². The fraction of sp³-hybridized carbons (Fsp3) is 0.316. The predicted molar refractivity (Wildman–Crippen MR) is 106 cm³/mol. The zero-order valence-electron chi connectivity index (χ0n) is 15.4. The van der Waals surface area contributed by atoms with Gasteiger partial charge in [0.25, 0.3) is 0 Å². The number of carbonyl (C=O) groups excluding carboxylic acids is 1. The van der Waals surface area contributed by atoms with Gasteiger partial charge in [-0.15, -0.1) is 0 Å². The number of ether oxygens (including phenoxy) is 2. The van der Waals surface area contributed by atoms with Crippen LogP contribution in [0.2, 0.25) is 10.0 Å². The van der Waals surface area contributed by atoms with E-state index in [0.717, 1.165) is 6.26 Å². The Labute approximate surface area is 169 Å². The van der Waals surface area contributed by atoms with Gasteiger partial charge in [-0.1, -0.05) is 23.2 Å². The quantitative estimate of drug-likeness (QED) is 0.637. The first-order valence-corrected chi connectivity index (χ1v) is 10.7. The Balaban J connectivity index is 2.41. The van der Waals surface area contributed by atoms with Gasteiger partial charge in [0.1, 0.15) is 11.4 Å². The van der Waals surface area contributed by atoms with Gasteiger partial charge >= 0.3 is 5.97 Å². The first-order valence-electron chi connectivity index (χ1n) is 8.01. The van der Waals surface area contributed by atoms with E-state index in [9.17, 15) is 13.2 Å². The average molecular weight is 431 g/mol. The van der Waals surface area contributed by atoms with Gasteiger partial charge in [-0.25, -0.2) is 13.2 Å². The highest BCUT2D eigenvalue weighted by molar-refractivity contribution is 7.90. The molecular formula is C19H20Cl2O5S. The summed E-state index contributed by atoms with van der Waals surface area (Å²) in [6.45, 7) is 4.97. The molecule has 0 bridgehead atoms. The first kappa shape index (κ1) is 21.5. The van der Waals surface area contributed by atoms with E-state index < -0.39 is 21.4 Å². The number of esters is 1. The molecule has 2 rings (SSSR count). The Morgan fingerprint density at radius 1 is 1.04 bits per heavy atom. The van der Waals surface area contributed by atoms with E-state index in [-0.39, 0.29) is 11.5 Å². The number of hydrogen-bond acceptors (Lipinski definition) is 5. The van der Waals surface area contributed by atoms with Crippen LogP contribution in [0.1, 0.15) is 20.8 Å². The van der Waals surface area contributed by atoms with E-state index in [1.54, 1.807) is 39.0 Å². The molecule has 0 N–H and O–H groups in total. The van der Waals surface area contributed by atoms with Crippen LogP contribution in [0, 0.1) is 0 Å². The standard InChI is InChI=1S/C19H20Cl2O5S/c1-19(2,3)26-18(22)11-25-17-8-5-12(20)9-15(17)14-10-13(27(4,23)24)6-7-16(14)21/h5-10H,11H2,1-4H3. The Hall–Kier alpha value is -1.76. The molecule has 0 spiro atoms. The summed E-state index contributed by atoms with van der Waals surface area (Å²) in [6.07, 6.45) is 1.11. The topological polar surface area (TPSA) is 69.7 Å². The molecule has 0 aromatic heterocycles. The molecule has 0 heterocycles. The number of carbonyl (C=O) groups is 1. The lowest BCUT2D eigenvalue weighted by Crippen LogP contribution is -2.27. The minimum atomic E-state index is -3.43. The molecular weight excluding hydrogens is 411 g/mol. The van der Waals surface area contributed by atoms with Crippen molar-refractivity contribution in [2.45, 2.75) is 31.3 Å². The molecule has 5 nitrogen and oxygen atoms in total. The molecule has 0 aliphatic carbocycles. The van der Waals surface area contributed by atoms with Crippen LogP contribution in [0.25, 0.3) is 11.1 Å². The maximum Gasteiger partial charge on any atom is 0.344 e. The summed E-state index contributed by atoms with van der Waals surface area (Å²) in [6, 6.07) is 9.15. The van der Waals surface area contributed by atoms with Crippen LogP contribution in [0.4, 0.5) is 0 Å². The fourth-order valence-electron chi connectivity index (χ4n) is 2.29. The predicted octanol–water partition coefficient (Wildman–Crippen LogP) is 4.78. The van der Waals surface area contributed by atoms with Crippen molar-refractivity contribution in [3.63, 3.8) is 0 Å². The van der Waals surface area contributed by atoms with E-state index in [2.05, 4.69) is 0 Å². The van der Waals surface area contributed by atoms with Crippen molar-refractivity contribution in [1.82, 2.24) is 0 Å². The van der Waals surface area contributed by atoms with Gasteiger partial charge in [-0.3, -0.25) is 0 Å². The van der Waals surface area contributed by atoms with Crippen molar-refractivity contribution in [2.75, 3.05) is 12.9 Å². The number of rotatable bonds is 5. The Kier molecular flexibility index (Phi) is 6.45.